The van der Waals surface area contributed by atoms with Gasteiger partial charge in [0.25, 0.3) is 15.9 Å². The number of benzene rings is 2. The monoisotopic (exact) mass is 528 g/mol. The number of methoxy groups -OCH3 is 1. The lowest BCUT2D eigenvalue weighted by molar-refractivity contribution is 0.0992. The van der Waals surface area contributed by atoms with Gasteiger partial charge in [0.05, 0.1) is 12.0 Å². The lowest BCUT2D eigenvalue weighted by Gasteiger charge is -2.09. The lowest BCUT2D eigenvalue weighted by atomic mass is 10.2. The first-order valence-corrected chi connectivity index (χ1v) is 12.4. The number of aromatic nitrogens is 2. The van der Waals surface area contributed by atoms with E-state index >= 15 is 0 Å². The lowest BCUT2D eigenvalue weighted by Crippen LogP contribution is -2.15. The van der Waals surface area contributed by atoms with Gasteiger partial charge in [0.1, 0.15) is 30.3 Å². The summed E-state index contributed by atoms with van der Waals surface area (Å²) >= 11 is 6.02. The second-order valence-electron chi connectivity index (χ2n) is 7.50. The Bertz CT molecular complexity index is 1490. The van der Waals surface area contributed by atoms with Gasteiger partial charge in [0, 0.05) is 16.8 Å². The fraction of sp³-hybridized carbons (Fsp3) is 0.125. The molecule has 2 aromatic carbocycles. The van der Waals surface area contributed by atoms with Crippen LogP contribution in [0.1, 0.15) is 21.9 Å². The minimum Gasteiger partial charge on any atom is -0.486 e. The molecule has 0 radical (unpaired) electrons. The average Bonchev–Trinajstić information content (AvgIpc) is 3.34. The molecule has 0 aliphatic heterocycles. The number of nitrogens with one attached hydrogen (secondary N) is 2. The Labute approximate surface area is 212 Å². The largest absolute Gasteiger partial charge is 0.486 e. The first-order valence-electron chi connectivity index (χ1n) is 10.5. The third kappa shape index (κ3) is 6.12. The topological polar surface area (TPSA) is 133 Å². The molecule has 0 atom stereocenters. The van der Waals surface area contributed by atoms with Crippen LogP contribution < -0.4 is 19.5 Å². The van der Waals surface area contributed by atoms with E-state index in [9.17, 15) is 13.2 Å². The maximum atomic E-state index is 12.6. The van der Waals surface area contributed by atoms with Gasteiger partial charge in [-0.1, -0.05) is 11.6 Å². The Hall–Kier alpha value is -4.09. The van der Waals surface area contributed by atoms with Crippen LogP contribution in [0.15, 0.2) is 76.3 Å². The summed E-state index contributed by atoms with van der Waals surface area (Å²) in [5, 5.41) is 3.31. The predicted molar refractivity (Wildman–Crippen MR) is 133 cm³/mol. The second-order valence-corrected chi connectivity index (χ2v) is 9.58. The van der Waals surface area contributed by atoms with Gasteiger partial charge in [0.15, 0.2) is 5.76 Å². The first-order chi connectivity index (χ1) is 17.2. The number of amides is 1. The Morgan fingerprint density at radius 1 is 1.06 bits per heavy atom. The molecule has 1 amide bonds. The fourth-order valence-corrected chi connectivity index (χ4v) is 4.17. The standard InChI is InChI=1S/C24H21ClN4O6S/c1-15-11-17(5-9-20(15)25)34-13-18-6-10-21(35-18)24(30)28-16-3-7-19(8-4-16)36(31,32)29-22-12-23(33-2)27-14-26-22/h3-12,14H,13H2,1-2H3,(H,28,30)(H,26,27,29). The zero-order valence-corrected chi connectivity index (χ0v) is 20.8. The molecule has 0 spiro atoms. The number of furan rings is 1. The minimum atomic E-state index is -3.92. The van der Waals surface area contributed by atoms with Crippen LogP contribution >= 0.6 is 11.6 Å². The number of ether oxygens (including phenoxy) is 2. The molecule has 0 aliphatic carbocycles. The molecule has 0 saturated heterocycles. The first kappa shape index (κ1) is 25.0. The van der Waals surface area contributed by atoms with Crippen LogP contribution in [0.5, 0.6) is 11.6 Å². The van der Waals surface area contributed by atoms with E-state index in [4.69, 9.17) is 25.5 Å². The van der Waals surface area contributed by atoms with Gasteiger partial charge in [-0.3, -0.25) is 9.52 Å². The summed E-state index contributed by atoms with van der Waals surface area (Å²) in [4.78, 5) is 20.2. The van der Waals surface area contributed by atoms with Gasteiger partial charge in [-0.2, -0.15) is 0 Å². The number of hydrogen-bond acceptors (Lipinski definition) is 8. The maximum Gasteiger partial charge on any atom is 0.291 e. The van der Waals surface area contributed by atoms with Gasteiger partial charge in [-0.05, 0) is 67.1 Å². The zero-order valence-electron chi connectivity index (χ0n) is 19.2. The average molecular weight is 529 g/mol. The zero-order chi connectivity index (χ0) is 25.7. The number of nitrogens with zero attached hydrogens (tertiary/aromatic N) is 2. The van der Waals surface area contributed by atoms with Crippen molar-refractivity contribution >= 4 is 39.0 Å². The van der Waals surface area contributed by atoms with E-state index in [0.29, 0.717) is 22.2 Å². The highest BCUT2D eigenvalue weighted by atomic mass is 35.5. The summed E-state index contributed by atoms with van der Waals surface area (Å²) in [6.45, 7) is 2.00. The highest BCUT2D eigenvalue weighted by Crippen LogP contribution is 2.23. The van der Waals surface area contributed by atoms with Crippen LogP contribution in [-0.2, 0) is 16.6 Å². The molecule has 12 heteroatoms. The molecule has 10 nitrogen and oxygen atoms in total. The van der Waals surface area contributed by atoms with E-state index in [1.807, 2.05) is 13.0 Å². The van der Waals surface area contributed by atoms with Crippen LogP contribution in [0.3, 0.4) is 0 Å². The molecule has 2 aromatic heterocycles. The molecule has 0 bridgehead atoms. The van der Waals surface area contributed by atoms with Crippen LogP contribution in [0.2, 0.25) is 5.02 Å². The van der Waals surface area contributed by atoms with Crippen molar-refractivity contribution < 1.29 is 27.1 Å². The fourth-order valence-electron chi connectivity index (χ4n) is 3.05. The summed E-state index contributed by atoms with van der Waals surface area (Å²) in [6, 6.07) is 15.4. The number of aryl methyl sites for hydroxylation is 1. The Morgan fingerprint density at radius 2 is 1.83 bits per heavy atom. The number of sulfonamides is 1. The molecule has 4 rings (SSSR count). The highest BCUT2D eigenvalue weighted by molar-refractivity contribution is 7.92. The summed E-state index contributed by atoms with van der Waals surface area (Å²) in [5.41, 5.74) is 1.27. The van der Waals surface area contributed by atoms with Crippen LogP contribution in [0.25, 0.3) is 0 Å². The SMILES string of the molecule is COc1cc(NS(=O)(=O)c2ccc(NC(=O)c3ccc(COc4ccc(Cl)c(C)c4)o3)cc2)ncn1. The third-order valence-corrected chi connectivity index (χ3v) is 6.70. The number of halogens is 1. The number of hydrogen-bond donors (Lipinski definition) is 2. The van der Waals surface area contributed by atoms with Gasteiger partial charge in [-0.25, -0.2) is 18.4 Å². The number of anilines is 2. The van der Waals surface area contributed by atoms with Crippen LogP contribution in [0, 0.1) is 6.92 Å². The van der Waals surface area contributed by atoms with E-state index in [0.717, 1.165) is 5.56 Å². The molecular weight excluding hydrogens is 508 g/mol. The maximum absolute atomic E-state index is 12.6. The molecule has 2 N–H and O–H groups in total. The molecular formula is C24H21ClN4O6S. The summed E-state index contributed by atoms with van der Waals surface area (Å²) in [6.07, 6.45) is 1.18. The van der Waals surface area contributed by atoms with Gasteiger partial charge >= 0.3 is 0 Å². The van der Waals surface area contributed by atoms with Crippen molar-refractivity contribution in [2.24, 2.45) is 0 Å². The van der Waals surface area contributed by atoms with E-state index in [1.54, 1.807) is 18.2 Å². The molecule has 0 fully saturated rings. The van der Waals surface area contributed by atoms with Gasteiger partial charge in [0.2, 0.25) is 5.88 Å². The molecule has 0 unspecified atom stereocenters. The number of carbonyl (C=O) groups is 1. The van der Waals surface area contributed by atoms with Gasteiger partial charge in [-0.15, -0.1) is 0 Å². The van der Waals surface area contributed by atoms with Crippen molar-refractivity contribution in [3.8, 4) is 11.6 Å². The molecule has 36 heavy (non-hydrogen) atoms. The summed E-state index contributed by atoms with van der Waals surface area (Å²) in [7, 11) is -2.51. The quantitative estimate of drug-likeness (QED) is 0.320. The Morgan fingerprint density at radius 3 is 2.56 bits per heavy atom. The summed E-state index contributed by atoms with van der Waals surface area (Å²) in [5.74, 6) is 0.947. The van der Waals surface area contributed by atoms with Crippen molar-refractivity contribution in [2.45, 2.75) is 18.4 Å². The molecule has 0 aliphatic rings. The third-order valence-electron chi connectivity index (χ3n) is 4.91. The molecule has 0 saturated carbocycles. The van der Waals surface area contributed by atoms with Crippen LogP contribution in [0.4, 0.5) is 11.5 Å². The van der Waals surface area contributed by atoms with Crippen molar-refractivity contribution in [3.05, 3.63) is 89.1 Å². The van der Waals surface area contributed by atoms with Crippen molar-refractivity contribution in [3.63, 3.8) is 0 Å². The van der Waals surface area contributed by atoms with E-state index < -0.39 is 15.9 Å². The van der Waals surface area contributed by atoms with Crippen LogP contribution in [-0.4, -0.2) is 31.4 Å². The number of rotatable bonds is 9. The van der Waals surface area contributed by atoms with E-state index in [-0.39, 0.29) is 29.0 Å². The minimum absolute atomic E-state index is 0.0204. The Kier molecular flexibility index (Phi) is 7.41. The van der Waals surface area contributed by atoms with E-state index in [2.05, 4.69) is 20.0 Å². The second kappa shape index (κ2) is 10.7. The number of carbonyl (C=O) groups excluding carboxylic acids is 1. The van der Waals surface area contributed by atoms with Crippen molar-refractivity contribution in [1.82, 2.24) is 9.97 Å². The molecule has 186 valence electrons. The molecule has 2 heterocycles. The van der Waals surface area contributed by atoms with E-state index in [1.165, 1.54) is 49.8 Å². The summed E-state index contributed by atoms with van der Waals surface area (Å²) < 4.78 is 43.8. The molecule has 4 aromatic rings. The smallest absolute Gasteiger partial charge is 0.291 e. The predicted octanol–water partition coefficient (Wildman–Crippen LogP) is 4.67. The normalized spacial score (nSPS) is 11.1. The van der Waals surface area contributed by atoms with Gasteiger partial charge < -0.3 is 19.2 Å². The Balaban J connectivity index is 1.36. The van der Waals surface area contributed by atoms with Crippen molar-refractivity contribution in [2.75, 3.05) is 17.1 Å². The van der Waals surface area contributed by atoms with Crippen molar-refractivity contribution in [1.29, 1.82) is 0 Å². The highest BCUT2D eigenvalue weighted by Gasteiger charge is 2.17.